The van der Waals surface area contributed by atoms with Crippen molar-refractivity contribution in [3.63, 3.8) is 0 Å². The summed E-state index contributed by atoms with van der Waals surface area (Å²) < 4.78 is 10.5. The van der Waals surface area contributed by atoms with Crippen molar-refractivity contribution in [3.05, 3.63) is 60.1 Å². The summed E-state index contributed by atoms with van der Waals surface area (Å²) in [5, 5.41) is 9.30. The summed E-state index contributed by atoms with van der Waals surface area (Å²) in [5.41, 5.74) is -0.0668. The second kappa shape index (κ2) is 5.62. The van der Waals surface area contributed by atoms with Gasteiger partial charge in [-0.1, -0.05) is 30.3 Å². The van der Waals surface area contributed by atoms with Crippen LogP contribution in [0.1, 0.15) is 36.1 Å². The van der Waals surface area contributed by atoms with Crippen LogP contribution in [0.2, 0.25) is 0 Å². The van der Waals surface area contributed by atoms with Gasteiger partial charge in [-0.3, -0.25) is 0 Å². The zero-order valence-electron chi connectivity index (χ0n) is 11.4. The topological polar surface area (TPSA) is 63.2 Å². The molecule has 20 heavy (non-hydrogen) atoms. The van der Waals surface area contributed by atoms with Crippen molar-refractivity contribution in [1.29, 1.82) is 5.26 Å². The molecule has 0 radical (unpaired) electrons. The Balaban J connectivity index is 2.29. The molecule has 0 unspecified atom stereocenters. The molecular weight excluding hydrogens is 254 g/mol. The normalized spacial score (nSPS) is 12.4. The smallest absolute Gasteiger partial charge is 0.374 e. The molecule has 0 saturated heterocycles. The number of esters is 1. The first-order valence-corrected chi connectivity index (χ1v) is 6.25. The van der Waals surface area contributed by atoms with Crippen molar-refractivity contribution in [3.8, 4) is 6.07 Å². The Kier molecular flexibility index (Phi) is 3.90. The van der Waals surface area contributed by atoms with Crippen LogP contribution in [0.3, 0.4) is 0 Å². The summed E-state index contributed by atoms with van der Waals surface area (Å²) in [7, 11) is 0. The van der Waals surface area contributed by atoms with Gasteiger partial charge in [0.05, 0.1) is 17.7 Å². The molecule has 0 bridgehead atoms. The van der Waals surface area contributed by atoms with Crippen LogP contribution in [0.25, 0.3) is 0 Å². The Bertz CT molecular complexity index is 609. The molecule has 4 heteroatoms. The minimum Gasteiger partial charge on any atom is -0.457 e. The van der Waals surface area contributed by atoms with Gasteiger partial charge in [0, 0.05) is 0 Å². The molecule has 4 nitrogen and oxygen atoms in total. The van der Waals surface area contributed by atoms with Gasteiger partial charge in [-0.25, -0.2) is 4.79 Å². The van der Waals surface area contributed by atoms with Gasteiger partial charge in [-0.2, -0.15) is 5.26 Å². The van der Waals surface area contributed by atoms with Crippen molar-refractivity contribution < 1.29 is 13.9 Å². The molecule has 2 rings (SSSR count). The first-order chi connectivity index (χ1) is 9.54. The Morgan fingerprint density at radius 3 is 2.50 bits per heavy atom. The maximum Gasteiger partial charge on any atom is 0.374 e. The van der Waals surface area contributed by atoms with E-state index in [1.165, 1.54) is 12.3 Å². The van der Waals surface area contributed by atoms with E-state index in [0.717, 1.165) is 5.56 Å². The fraction of sp³-hybridized carbons (Fsp3) is 0.250. The fourth-order valence-corrected chi connectivity index (χ4v) is 1.88. The maximum atomic E-state index is 12.0. The van der Waals surface area contributed by atoms with E-state index >= 15 is 0 Å². The quantitative estimate of drug-likeness (QED) is 0.793. The van der Waals surface area contributed by atoms with Crippen molar-refractivity contribution in [1.82, 2.24) is 0 Å². The average Bonchev–Trinajstić information content (AvgIpc) is 2.99. The van der Waals surface area contributed by atoms with Gasteiger partial charge in [0.25, 0.3) is 0 Å². The molecule has 1 aromatic carbocycles. The summed E-state index contributed by atoms with van der Waals surface area (Å²) in [6.45, 7) is 3.47. The third-order valence-corrected chi connectivity index (χ3v) is 2.99. The molecule has 0 spiro atoms. The van der Waals surface area contributed by atoms with Crippen molar-refractivity contribution in [2.75, 3.05) is 0 Å². The SMILES string of the molecule is CC(C)(C#N)[C@@H](OC(=O)c1ccco1)c1ccccc1. The van der Waals surface area contributed by atoms with E-state index in [0.29, 0.717) is 0 Å². The van der Waals surface area contributed by atoms with E-state index in [-0.39, 0.29) is 5.76 Å². The average molecular weight is 269 g/mol. The minimum absolute atomic E-state index is 0.125. The molecule has 0 amide bonds. The first kappa shape index (κ1) is 13.9. The lowest BCUT2D eigenvalue weighted by Gasteiger charge is -2.27. The lowest BCUT2D eigenvalue weighted by molar-refractivity contribution is 0.00202. The third kappa shape index (κ3) is 2.89. The number of hydrogen-bond donors (Lipinski definition) is 0. The summed E-state index contributed by atoms with van der Waals surface area (Å²) in [5.74, 6) is -0.452. The van der Waals surface area contributed by atoms with E-state index < -0.39 is 17.5 Å². The van der Waals surface area contributed by atoms with Crippen molar-refractivity contribution in [2.24, 2.45) is 5.41 Å². The first-order valence-electron chi connectivity index (χ1n) is 6.25. The Morgan fingerprint density at radius 1 is 1.25 bits per heavy atom. The zero-order valence-corrected chi connectivity index (χ0v) is 11.4. The number of carbonyl (C=O) groups is 1. The van der Waals surface area contributed by atoms with Crippen LogP contribution in [0.5, 0.6) is 0 Å². The monoisotopic (exact) mass is 269 g/mol. The molecule has 102 valence electrons. The number of rotatable bonds is 4. The van der Waals surface area contributed by atoms with Gasteiger partial charge in [0.15, 0.2) is 0 Å². The molecule has 0 saturated carbocycles. The number of furan rings is 1. The van der Waals surface area contributed by atoms with E-state index in [9.17, 15) is 10.1 Å². The number of ether oxygens (including phenoxy) is 1. The summed E-state index contributed by atoms with van der Waals surface area (Å²) in [6.07, 6.45) is 0.745. The van der Waals surface area contributed by atoms with Crippen LogP contribution >= 0.6 is 0 Å². The Hall–Kier alpha value is -2.54. The van der Waals surface area contributed by atoms with E-state index in [2.05, 4.69) is 6.07 Å². The largest absolute Gasteiger partial charge is 0.457 e. The van der Waals surface area contributed by atoms with E-state index in [1.54, 1.807) is 19.9 Å². The van der Waals surface area contributed by atoms with Gasteiger partial charge in [0.2, 0.25) is 5.76 Å². The fourth-order valence-electron chi connectivity index (χ4n) is 1.88. The van der Waals surface area contributed by atoms with Crippen LogP contribution < -0.4 is 0 Å². The predicted molar refractivity (Wildman–Crippen MR) is 72.7 cm³/mol. The second-order valence-electron chi connectivity index (χ2n) is 5.01. The molecule has 0 N–H and O–H groups in total. The van der Waals surface area contributed by atoms with E-state index in [4.69, 9.17) is 9.15 Å². The molecule has 2 aromatic rings. The second-order valence-corrected chi connectivity index (χ2v) is 5.01. The number of nitrogens with zero attached hydrogens (tertiary/aromatic N) is 1. The summed E-state index contributed by atoms with van der Waals surface area (Å²) in [4.78, 5) is 12.0. The van der Waals surface area contributed by atoms with Gasteiger partial charge in [0.1, 0.15) is 6.10 Å². The third-order valence-electron chi connectivity index (χ3n) is 2.99. The molecule has 0 aliphatic carbocycles. The maximum absolute atomic E-state index is 12.0. The molecule has 1 atom stereocenters. The highest BCUT2D eigenvalue weighted by Crippen LogP contribution is 2.36. The van der Waals surface area contributed by atoms with Crippen LogP contribution in [0.15, 0.2) is 53.1 Å². The van der Waals surface area contributed by atoms with Crippen LogP contribution in [-0.2, 0) is 4.74 Å². The van der Waals surface area contributed by atoms with E-state index in [1.807, 2.05) is 30.3 Å². The highest BCUT2D eigenvalue weighted by molar-refractivity contribution is 5.86. The zero-order chi connectivity index (χ0) is 14.6. The van der Waals surface area contributed by atoms with Gasteiger partial charge < -0.3 is 9.15 Å². The highest BCUT2D eigenvalue weighted by atomic mass is 16.6. The number of carbonyl (C=O) groups excluding carboxylic acids is 1. The molecule has 0 aliphatic rings. The number of hydrogen-bond acceptors (Lipinski definition) is 4. The highest BCUT2D eigenvalue weighted by Gasteiger charge is 2.35. The summed E-state index contributed by atoms with van der Waals surface area (Å²) >= 11 is 0. The van der Waals surface area contributed by atoms with Gasteiger partial charge in [-0.05, 0) is 31.5 Å². The predicted octanol–water partition coefficient (Wildman–Crippen LogP) is 3.73. The van der Waals surface area contributed by atoms with Crippen molar-refractivity contribution in [2.45, 2.75) is 20.0 Å². The number of nitriles is 1. The number of benzene rings is 1. The minimum atomic E-state index is -0.844. The van der Waals surface area contributed by atoms with Crippen molar-refractivity contribution >= 4 is 5.97 Å². The molecular formula is C16H15NO3. The molecule has 0 fully saturated rings. The van der Waals surface area contributed by atoms with Gasteiger partial charge >= 0.3 is 5.97 Å². The van der Waals surface area contributed by atoms with Crippen LogP contribution in [0, 0.1) is 16.7 Å². The lowest BCUT2D eigenvalue weighted by atomic mass is 9.84. The molecule has 0 aliphatic heterocycles. The lowest BCUT2D eigenvalue weighted by Crippen LogP contribution is -2.25. The molecule has 1 heterocycles. The Labute approximate surface area is 117 Å². The Morgan fingerprint density at radius 2 is 1.95 bits per heavy atom. The van der Waals surface area contributed by atoms with Gasteiger partial charge in [-0.15, -0.1) is 0 Å². The molecule has 1 aromatic heterocycles. The van der Waals surface area contributed by atoms with Crippen LogP contribution in [0.4, 0.5) is 0 Å². The van der Waals surface area contributed by atoms with Crippen LogP contribution in [-0.4, -0.2) is 5.97 Å². The standard InChI is InChI=1S/C16H15NO3/c1-16(2,11-17)14(12-7-4-3-5-8-12)20-15(18)13-9-6-10-19-13/h3-10,14H,1-2H3/t14-/m0/s1. The summed E-state index contributed by atoms with van der Waals surface area (Å²) in [6, 6.07) is 14.6.